The molecule has 5 nitrogen and oxygen atoms in total. The van der Waals surface area contributed by atoms with Gasteiger partial charge in [-0.3, -0.25) is 4.79 Å². The van der Waals surface area contributed by atoms with Crippen LogP contribution in [0.5, 0.6) is 17.2 Å². The molecule has 0 aliphatic heterocycles. The molecule has 0 atom stereocenters. The molecule has 0 amide bonds. The van der Waals surface area contributed by atoms with Gasteiger partial charge >= 0.3 is 0 Å². The molecule has 0 bridgehead atoms. The molecule has 0 unspecified atom stereocenters. The van der Waals surface area contributed by atoms with Gasteiger partial charge < -0.3 is 20.3 Å². The zero-order valence-electron chi connectivity index (χ0n) is 11.7. The van der Waals surface area contributed by atoms with Crippen LogP contribution in [0.15, 0.2) is 46.6 Å². The van der Waals surface area contributed by atoms with Crippen molar-refractivity contribution in [1.82, 2.24) is 4.98 Å². The predicted octanol–water partition coefficient (Wildman–Crippen LogP) is 3.53. The smallest absolute Gasteiger partial charge is 0.266 e. The van der Waals surface area contributed by atoms with Gasteiger partial charge in [-0.05, 0) is 41.3 Å². The normalized spacial score (nSPS) is 11.3. The first kappa shape index (κ1) is 13.7. The zero-order valence-corrected chi connectivity index (χ0v) is 12.5. The zero-order chi connectivity index (χ0) is 16.1. The van der Waals surface area contributed by atoms with Gasteiger partial charge in [-0.25, -0.2) is 0 Å². The number of thiophene rings is 1. The van der Waals surface area contributed by atoms with Crippen LogP contribution in [-0.4, -0.2) is 20.3 Å². The SMILES string of the molecule is O=c1[nH]c2ccc(O)c(-c3cc(O)cc(O)c3)c2c2ccsc12. The van der Waals surface area contributed by atoms with Crippen LogP contribution < -0.4 is 5.56 Å². The summed E-state index contributed by atoms with van der Waals surface area (Å²) in [5, 5.41) is 33.0. The molecule has 4 aromatic rings. The Hall–Kier alpha value is -2.99. The van der Waals surface area contributed by atoms with E-state index in [9.17, 15) is 20.1 Å². The van der Waals surface area contributed by atoms with Crippen LogP contribution in [0, 0.1) is 0 Å². The number of aromatic nitrogens is 1. The molecular weight excluding hydrogens is 314 g/mol. The highest BCUT2D eigenvalue weighted by Gasteiger charge is 2.16. The summed E-state index contributed by atoms with van der Waals surface area (Å²) in [4.78, 5) is 14.9. The van der Waals surface area contributed by atoms with Crippen LogP contribution in [0.1, 0.15) is 0 Å². The number of H-pyrrole nitrogens is 1. The van der Waals surface area contributed by atoms with E-state index in [-0.39, 0.29) is 22.8 Å². The topological polar surface area (TPSA) is 93.6 Å². The summed E-state index contributed by atoms with van der Waals surface area (Å²) in [6.07, 6.45) is 0. The van der Waals surface area contributed by atoms with Crippen molar-refractivity contribution in [1.29, 1.82) is 0 Å². The fraction of sp³-hybridized carbons (Fsp3) is 0. The molecule has 4 N–H and O–H groups in total. The number of rotatable bonds is 1. The summed E-state index contributed by atoms with van der Waals surface area (Å²) in [5.74, 6) is -0.216. The Labute approximate surface area is 133 Å². The standard InChI is InChI=1S/C17H11NO4S/c19-9-5-8(6-10(20)7-9)14-13(21)2-1-12-15(14)11-3-4-23-16(11)17(22)18-12/h1-7,19-21H,(H,18,22). The molecule has 0 aliphatic rings. The molecule has 114 valence electrons. The van der Waals surface area contributed by atoms with E-state index in [2.05, 4.69) is 4.98 Å². The number of hydrogen-bond acceptors (Lipinski definition) is 5. The van der Waals surface area contributed by atoms with Gasteiger partial charge in [-0.15, -0.1) is 11.3 Å². The monoisotopic (exact) mass is 325 g/mol. The lowest BCUT2D eigenvalue weighted by atomic mass is 9.97. The van der Waals surface area contributed by atoms with Gasteiger partial charge in [-0.1, -0.05) is 0 Å². The molecule has 0 radical (unpaired) electrons. The van der Waals surface area contributed by atoms with Gasteiger partial charge in [0.1, 0.15) is 21.9 Å². The van der Waals surface area contributed by atoms with E-state index in [1.807, 2.05) is 11.4 Å². The van der Waals surface area contributed by atoms with Crippen molar-refractivity contribution >= 4 is 32.3 Å². The second kappa shape index (κ2) is 4.76. The Balaban J connectivity index is 2.23. The fourth-order valence-corrected chi connectivity index (χ4v) is 3.66. The number of fused-ring (bicyclic) bond motifs is 3. The highest BCUT2D eigenvalue weighted by molar-refractivity contribution is 7.17. The molecular formula is C17H11NO4S. The molecule has 2 aromatic heterocycles. The third-order valence-corrected chi connectivity index (χ3v) is 4.68. The molecule has 6 heteroatoms. The number of phenols is 3. The highest BCUT2D eigenvalue weighted by Crippen LogP contribution is 2.41. The largest absolute Gasteiger partial charge is 0.508 e. The van der Waals surface area contributed by atoms with E-state index in [1.165, 1.54) is 35.6 Å². The van der Waals surface area contributed by atoms with Crippen LogP contribution in [-0.2, 0) is 0 Å². The van der Waals surface area contributed by atoms with E-state index >= 15 is 0 Å². The van der Waals surface area contributed by atoms with Crippen molar-refractivity contribution in [2.75, 3.05) is 0 Å². The second-order valence-electron chi connectivity index (χ2n) is 5.24. The van der Waals surface area contributed by atoms with Crippen molar-refractivity contribution < 1.29 is 15.3 Å². The molecule has 2 heterocycles. The maximum atomic E-state index is 12.1. The number of benzene rings is 2. The van der Waals surface area contributed by atoms with E-state index in [4.69, 9.17) is 0 Å². The summed E-state index contributed by atoms with van der Waals surface area (Å²) in [7, 11) is 0. The molecule has 0 spiro atoms. The third-order valence-electron chi connectivity index (χ3n) is 3.76. The van der Waals surface area contributed by atoms with Gasteiger partial charge in [0.2, 0.25) is 0 Å². The average molecular weight is 325 g/mol. The maximum Gasteiger partial charge on any atom is 0.266 e. The second-order valence-corrected chi connectivity index (χ2v) is 6.15. The Morgan fingerprint density at radius 3 is 2.43 bits per heavy atom. The van der Waals surface area contributed by atoms with Crippen molar-refractivity contribution in [2.24, 2.45) is 0 Å². The minimum atomic E-state index is -0.183. The van der Waals surface area contributed by atoms with Gasteiger partial charge in [0.15, 0.2) is 0 Å². The number of nitrogens with one attached hydrogen (secondary N) is 1. The van der Waals surface area contributed by atoms with E-state index < -0.39 is 0 Å². The van der Waals surface area contributed by atoms with Crippen molar-refractivity contribution in [3.63, 3.8) is 0 Å². The predicted molar refractivity (Wildman–Crippen MR) is 90.4 cm³/mol. The fourth-order valence-electron chi connectivity index (χ4n) is 2.87. The minimum Gasteiger partial charge on any atom is -0.508 e. The number of aromatic amines is 1. The first-order chi connectivity index (χ1) is 11.0. The van der Waals surface area contributed by atoms with Crippen LogP contribution in [0.25, 0.3) is 32.1 Å². The van der Waals surface area contributed by atoms with E-state index in [0.717, 1.165) is 5.39 Å². The average Bonchev–Trinajstić information content (AvgIpc) is 2.97. The lowest BCUT2D eigenvalue weighted by molar-refractivity contribution is 0.451. The highest BCUT2D eigenvalue weighted by atomic mass is 32.1. The summed E-state index contributed by atoms with van der Waals surface area (Å²) < 4.78 is 0.564. The molecule has 23 heavy (non-hydrogen) atoms. The van der Waals surface area contributed by atoms with Crippen molar-refractivity contribution in [3.8, 4) is 28.4 Å². The number of pyridine rings is 1. The van der Waals surface area contributed by atoms with Gasteiger partial charge in [0, 0.05) is 27.9 Å². The first-order valence-electron chi connectivity index (χ1n) is 6.83. The van der Waals surface area contributed by atoms with Crippen LogP contribution >= 0.6 is 11.3 Å². The Morgan fingerprint density at radius 2 is 1.70 bits per heavy atom. The van der Waals surface area contributed by atoms with Crippen molar-refractivity contribution in [2.45, 2.75) is 0 Å². The number of hydrogen-bond donors (Lipinski definition) is 4. The lowest BCUT2D eigenvalue weighted by Gasteiger charge is -2.11. The molecule has 0 saturated heterocycles. The molecule has 4 rings (SSSR count). The maximum absolute atomic E-state index is 12.1. The Bertz CT molecular complexity index is 1110. The summed E-state index contributed by atoms with van der Waals surface area (Å²) in [6.45, 7) is 0. The summed E-state index contributed by atoms with van der Waals surface area (Å²) >= 11 is 1.32. The van der Waals surface area contributed by atoms with Crippen LogP contribution in [0.2, 0.25) is 0 Å². The third kappa shape index (κ3) is 2.03. The Kier molecular flexibility index (Phi) is 2.82. The molecule has 0 aliphatic carbocycles. The number of phenolic OH excluding ortho intramolecular Hbond substituents is 3. The number of aromatic hydroxyl groups is 3. The van der Waals surface area contributed by atoms with Crippen LogP contribution in [0.4, 0.5) is 0 Å². The van der Waals surface area contributed by atoms with Crippen LogP contribution in [0.3, 0.4) is 0 Å². The molecule has 0 saturated carbocycles. The molecule has 0 fully saturated rings. The van der Waals surface area contributed by atoms with E-state index in [0.29, 0.717) is 26.7 Å². The quantitative estimate of drug-likeness (QED) is 0.431. The Morgan fingerprint density at radius 1 is 0.957 bits per heavy atom. The van der Waals surface area contributed by atoms with Gasteiger partial charge in [0.05, 0.1) is 0 Å². The summed E-state index contributed by atoms with van der Waals surface area (Å²) in [6, 6.07) is 9.06. The van der Waals surface area contributed by atoms with E-state index in [1.54, 1.807) is 6.07 Å². The van der Waals surface area contributed by atoms with Crippen molar-refractivity contribution in [3.05, 3.63) is 52.1 Å². The first-order valence-corrected chi connectivity index (χ1v) is 7.71. The molecule has 2 aromatic carbocycles. The lowest BCUT2D eigenvalue weighted by Crippen LogP contribution is -2.04. The summed E-state index contributed by atoms with van der Waals surface area (Å²) in [5.41, 5.74) is 1.31. The van der Waals surface area contributed by atoms with Gasteiger partial charge in [0.25, 0.3) is 5.56 Å². The van der Waals surface area contributed by atoms with Gasteiger partial charge in [-0.2, -0.15) is 0 Å². The minimum absolute atomic E-state index is 0.00190.